The summed E-state index contributed by atoms with van der Waals surface area (Å²) in [7, 11) is 0. The number of fused-ring (bicyclic) bond motifs is 1. The van der Waals surface area contributed by atoms with Gasteiger partial charge < -0.3 is 16.0 Å². The van der Waals surface area contributed by atoms with Gasteiger partial charge in [0.25, 0.3) is 5.91 Å². The normalized spacial score (nSPS) is 15.4. The number of hydrogen-bond acceptors (Lipinski definition) is 4. The summed E-state index contributed by atoms with van der Waals surface area (Å²) in [6.07, 6.45) is 2.55. The van der Waals surface area contributed by atoms with E-state index in [0.29, 0.717) is 22.5 Å². The van der Waals surface area contributed by atoms with Crippen LogP contribution in [0.5, 0.6) is 0 Å². The predicted molar refractivity (Wildman–Crippen MR) is 165 cm³/mol. The highest BCUT2D eigenvalue weighted by molar-refractivity contribution is 6.37. The van der Waals surface area contributed by atoms with Gasteiger partial charge in [-0.15, -0.1) is 0 Å². The van der Waals surface area contributed by atoms with Gasteiger partial charge in [-0.25, -0.2) is 0 Å². The molecule has 4 aromatic carbocycles. The smallest absolute Gasteiger partial charge is 0.300 e. The number of para-hydroxylation sites is 1. The van der Waals surface area contributed by atoms with Crippen molar-refractivity contribution in [3.63, 3.8) is 0 Å². The molecule has 41 heavy (non-hydrogen) atoms. The Morgan fingerprint density at radius 2 is 1.49 bits per heavy atom. The molecule has 2 aliphatic rings. The minimum Gasteiger partial charge on any atom is -0.354 e. The highest BCUT2D eigenvalue weighted by Crippen LogP contribution is 2.38. The lowest BCUT2D eigenvalue weighted by atomic mass is 9.99. The van der Waals surface area contributed by atoms with E-state index in [1.807, 2.05) is 60.7 Å². The fraction of sp³-hybridized carbons (Fsp3) is 0.143. The average molecular weight is 539 g/mol. The number of nitrogens with one attached hydrogen (secondary N) is 3. The second-order valence-corrected chi connectivity index (χ2v) is 10.2. The van der Waals surface area contributed by atoms with Gasteiger partial charge in [-0.05, 0) is 73.5 Å². The minimum absolute atomic E-state index is 0.191. The van der Waals surface area contributed by atoms with Gasteiger partial charge in [-0.1, -0.05) is 72.7 Å². The first-order valence-electron chi connectivity index (χ1n) is 13.8. The zero-order valence-corrected chi connectivity index (χ0v) is 22.6. The summed E-state index contributed by atoms with van der Waals surface area (Å²) < 4.78 is 0. The van der Waals surface area contributed by atoms with E-state index >= 15 is 0 Å². The third-order valence-electron chi connectivity index (χ3n) is 7.26. The predicted octanol–water partition coefficient (Wildman–Crippen LogP) is 6.21. The number of carbonyl (C=O) groups excluding carboxylic acids is 2. The van der Waals surface area contributed by atoms with E-state index in [9.17, 15) is 9.59 Å². The monoisotopic (exact) mass is 538 g/mol. The quantitative estimate of drug-likeness (QED) is 0.202. The Bertz CT molecular complexity index is 1660. The van der Waals surface area contributed by atoms with Crippen LogP contribution in [-0.4, -0.2) is 29.8 Å². The topological polar surface area (TPSA) is 73.5 Å². The van der Waals surface area contributed by atoms with Gasteiger partial charge in [0.05, 0.1) is 17.0 Å². The van der Waals surface area contributed by atoms with Crippen LogP contribution in [0.4, 0.5) is 17.1 Å². The fourth-order valence-corrected chi connectivity index (χ4v) is 5.23. The largest absolute Gasteiger partial charge is 0.354 e. The Hall–Kier alpha value is -5.12. The van der Waals surface area contributed by atoms with Gasteiger partial charge in [0.15, 0.2) is 0 Å². The first-order valence-corrected chi connectivity index (χ1v) is 13.8. The number of carbonyl (C=O) groups is 2. The second kappa shape index (κ2) is 12.0. The van der Waals surface area contributed by atoms with E-state index in [2.05, 4.69) is 57.0 Å². The molecule has 3 N–H and O–H groups in total. The Balaban J connectivity index is 1.27. The second-order valence-electron chi connectivity index (χ2n) is 10.2. The molecule has 0 aliphatic carbocycles. The van der Waals surface area contributed by atoms with Gasteiger partial charge in [-0.2, -0.15) is 0 Å². The third kappa shape index (κ3) is 6.22. The standard InChI is InChI=1S/C35H30N4O2/c40-32(36-28-11-5-2-6-12-28)20-16-25-15-19-30-31(23-25)38-35(41)33(30)34(27-9-3-1-4-10-27)37-29-17-13-26(14-18-29)24-39-21-7-8-22-39/h1-6,9-15,17-19,23,37H,7-8,21-22,24H2,(H,36,40)(H,38,41). The summed E-state index contributed by atoms with van der Waals surface area (Å²) in [5.41, 5.74) is 7.16. The number of nitrogens with zero attached hydrogens (tertiary/aromatic N) is 1. The number of rotatable bonds is 6. The van der Waals surface area contributed by atoms with Crippen LogP contribution in [0.3, 0.4) is 0 Å². The van der Waals surface area contributed by atoms with E-state index in [-0.39, 0.29) is 5.91 Å². The van der Waals surface area contributed by atoms with E-state index in [0.717, 1.165) is 42.1 Å². The van der Waals surface area contributed by atoms with Crippen molar-refractivity contribution in [1.82, 2.24) is 4.90 Å². The molecule has 202 valence electrons. The highest BCUT2D eigenvalue weighted by atomic mass is 16.2. The van der Waals surface area contributed by atoms with Crippen LogP contribution < -0.4 is 16.0 Å². The molecule has 2 amide bonds. The molecule has 0 radical (unpaired) electrons. The van der Waals surface area contributed by atoms with E-state index in [1.54, 1.807) is 18.2 Å². The van der Waals surface area contributed by atoms with E-state index < -0.39 is 5.91 Å². The van der Waals surface area contributed by atoms with Crippen LogP contribution >= 0.6 is 0 Å². The van der Waals surface area contributed by atoms with Crippen molar-refractivity contribution in [2.24, 2.45) is 0 Å². The SMILES string of the molecule is O=C(C#Cc1ccc2c(c1)NC(=O)C2=C(Nc1ccc(CN2CCCC2)cc1)c1ccccc1)Nc1ccccc1. The fourth-order valence-electron chi connectivity index (χ4n) is 5.23. The van der Waals surface area contributed by atoms with Gasteiger partial charge in [0.2, 0.25) is 0 Å². The van der Waals surface area contributed by atoms with Crippen molar-refractivity contribution in [3.05, 3.63) is 125 Å². The third-order valence-corrected chi connectivity index (χ3v) is 7.26. The molecule has 1 saturated heterocycles. The molecule has 4 aromatic rings. The summed E-state index contributed by atoms with van der Waals surface area (Å²) in [5, 5.41) is 9.28. The molecule has 6 heteroatoms. The van der Waals surface area contributed by atoms with Crippen LogP contribution in [-0.2, 0) is 16.1 Å². The van der Waals surface area contributed by atoms with Crippen LogP contribution in [0, 0.1) is 11.8 Å². The molecule has 0 bridgehead atoms. The zero-order valence-electron chi connectivity index (χ0n) is 22.6. The van der Waals surface area contributed by atoms with Crippen molar-refractivity contribution in [3.8, 4) is 11.8 Å². The Morgan fingerprint density at radius 1 is 0.805 bits per heavy atom. The molecule has 0 aromatic heterocycles. The number of anilines is 3. The van der Waals surface area contributed by atoms with Gasteiger partial charge >= 0.3 is 5.91 Å². The van der Waals surface area contributed by atoms with Gasteiger partial charge in [0, 0.05) is 35.0 Å². The van der Waals surface area contributed by atoms with Crippen molar-refractivity contribution >= 4 is 40.1 Å². The lowest BCUT2D eigenvalue weighted by molar-refractivity contribution is -0.111. The summed E-state index contributed by atoms with van der Waals surface area (Å²) >= 11 is 0. The lowest BCUT2D eigenvalue weighted by Crippen LogP contribution is -2.18. The Labute approximate surface area is 240 Å². The molecule has 0 unspecified atom stereocenters. The Morgan fingerprint density at radius 3 is 2.22 bits per heavy atom. The first kappa shape index (κ1) is 26.1. The minimum atomic E-state index is -0.400. The van der Waals surface area contributed by atoms with Crippen LogP contribution in [0.15, 0.2) is 103 Å². The van der Waals surface area contributed by atoms with Crippen LogP contribution in [0.1, 0.15) is 35.1 Å². The zero-order chi connectivity index (χ0) is 28.0. The molecule has 2 heterocycles. The highest BCUT2D eigenvalue weighted by Gasteiger charge is 2.28. The molecule has 1 fully saturated rings. The average Bonchev–Trinajstić information content (AvgIpc) is 3.63. The number of likely N-dealkylation sites (tertiary alicyclic amines) is 1. The molecular weight excluding hydrogens is 508 g/mol. The molecule has 6 rings (SSSR count). The van der Waals surface area contributed by atoms with Crippen molar-refractivity contribution in [2.45, 2.75) is 19.4 Å². The number of amides is 2. The summed E-state index contributed by atoms with van der Waals surface area (Å²) in [6, 6.07) is 33.0. The van der Waals surface area contributed by atoms with Crippen molar-refractivity contribution < 1.29 is 9.59 Å². The maximum atomic E-state index is 13.3. The molecular formula is C35H30N4O2. The van der Waals surface area contributed by atoms with Crippen LogP contribution in [0.25, 0.3) is 11.3 Å². The van der Waals surface area contributed by atoms with Crippen LogP contribution in [0.2, 0.25) is 0 Å². The molecule has 0 saturated carbocycles. The molecule has 6 nitrogen and oxygen atoms in total. The maximum absolute atomic E-state index is 13.3. The van der Waals surface area contributed by atoms with Gasteiger partial charge in [0.1, 0.15) is 0 Å². The van der Waals surface area contributed by atoms with Crippen molar-refractivity contribution in [1.29, 1.82) is 0 Å². The molecule has 0 spiro atoms. The molecule has 2 aliphatic heterocycles. The number of benzene rings is 4. The summed E-state index contributed by atoms with van der Waals surface area (Å²) in [6.45, 7) is 3.28. The number of hydrogen-bond donors (Lipinski definition) is 3. The van der Waals surface area contributed by atoms with E-state index in [4.69, 9.17) is 0 Å². The van der Waals surface area contributed by atoms with Crippen molar-refractivity contribution in [2.75, 3.05) is 29.0 Å². The van der Waals surface area contributed by atoms with E-state index in [1.165, 1.54) is 18.4 Å². The lowest BCUT2D eigenvalue weighted by Gasteiger charge is -2.17. The first-order chi connectivity index (χ1) is 20.1. The maximum Gasteiger partial charge on any atom is 0.300 e. The molecule has 0 atom stereocenters. The Kier molecular flexibility index (Phi) is 7.61. The van der Waals surface area contributed by atoms with Gasteiger partial charge in [-0.3, -0.25) is 14.5 Å². The summed E-state index contributed by atoms with van der Waals surface area (Å²) in [5.74, 6) is 4.95. The summed E-state index contributed by atoms with van der Waals surface area (Å²) in [4.78, 5) is 28.1.